The van der Waals surface area contributed by atoms with E-state index in [0.29, 0.717) is 36.6 Å². The second-order valence-electron chi connectivity index (χ2n) is 11.6. The second kappa shape index (κ2) is 13.3. The minimum atomic E-state index is -4.02. The minimum absolute atomic E-state index is 0.0180. The summed E-state index contributed by atoms with van der Waals surface area (Å²) in [7, 11) is -2.59. The first-order chi connectivity index (χ1) is 20.7. The van der Waals surface area contributed by atoms with Gasteiger partial charge in [-0.1, -0.05) is 13.8 Å². The van der Waals surface area contributed by atoms with E-state index in [0.717, 1.165) is 37.1 Å². The number of benzene rings is 1. The predicted molar refractivity (Wildman–Crippen MR) is 161 cm³/mol. The number of nitrogens with one attached hydrogen (secondary N) is 2. The molecule has 2 bridgehead atoms. The Hall–Kier alpha value is -3.71. The molecular formula is C30H41N7O5S. The molecule has 13 heteroatoms. The molecule has 0 saturated carbocycles. The Labute approximate surface area is 252 Å². The number of nitrogens with zero attached hydrogens (tertiary/aromatic N) is 5. The van der Waals surface area contributed by atoms with Gasteiger partial charge in [0.05, 0.1) is 12.8 Å². The van der Waals surface area contributed by atoms with Crippen LogP contribution >= 0.6 is 0 Å². The molecule has 2 aliphatic rings. The highest BCUT2D eigenvalue weighted by Crippen LogP contribution is 2.30. The third-order valence-corrected chi connectivity index (χ3v) is 9.98. The van der Waals surface area contributed by atoms with Crippen molar-refractivity contribution in [3.63, 3.8) is 0 Å². The molecule has 1 aliphatic heterocycles. The van der Waals surface area contributed by atoms with Gasteiger partial charge in [-0.25, -0.2) is 13.1 Å². The van der Waals surface area contributed by atoms with Gasteiger partial charge in [0.2, 0.25) is 15.9 Å². The van der Waals surface area contributed by atoms with E-state index in [1.165, 1.54) is 11.4 Å². The topological polar surface area (TPSA) is 140 Å². The number of hydrogen-bond donors (Lipinski definition) is 2. The Morgan fingerprint density at radius 3 is 2.70 bits per heavy atom. The Bertz CT molecular complexity index is 1550. The molecule has 5 rings (SSSR count). The first kappa shape index (κ1) is 30.7. The Morgan fingerprint density at radius 1 is 1.14 bits per heavy atom. The lowest BCUT2D eigenvalue weighted by Gasteiger charge is -2.25. The van der Waals surface area contributed by atoms with Gasteiger partial charge >= 0.3 is 0 Å². The summed E-state index contributed by atoms with van der Waals surface area (Å²) < 4.78 is 38.4. The van der Waals surface area contributed by atoms with Gasteiger partial charge in [-0.3, -0.25) is 14.3 Å². The largest absolute Gasteiger partial charge is 0.495 e. The molecule has 1 unspecified atom stereocenters. The molecule has 0 saturated heterocycles. The van der Waals surface area contributed by atoms with Crippen LogP contribution in [0.25, 0.3) is 5.69 Å². The molecular weight excluding hydrogens is 570 g/mol. The van der Waals surface area contributed by atoms with Crippen LogP contribution in [0.1, 0.15) is 67.7 Å². The molecule has 2 amide bonds. The zero-order valence-electron chi connectivity index (χ0n) is 25.1. The fourth-order valence-corrected chi connectivity index (χ4v) is 7.43. The number of hydrogen-bond acceptors (Lipinski definition) is 7. The van der Waals surface area contributed by atoms with E-state index in [1.807, 2.05) is 4.68 Å². The average molecular weight is 612 g/mol. The molecule has 232 valence electrons. The smallest absolute Gasteiger partial charge is 0.272 e. The van der Waals surface area contributed by atoms with Gasteiger partial charge in [-0.2, -0.15) is 14.5 Å². The van der Waals surface area contributed by atoms with Crippen LogP contribution in [-0.2, 0) is 34.2 Å². The van der Waals surface area contributed by atoms with Crippen LogP contribution < -0.4 is 15.4 Å². The molecule has 3 aromatic rings. The number of sulfonamides is 1. The van der Waals surface area contributed by atoms with E-state index in [-0.39, 0.29) is 54.6 Å². The fourth-order valence-electron chi connectivity index (χ4n) is 5.74. The molecule has 2 N–H and O–H groups in total. The average Bonchev–Trinajstić information content (AvgIpc) is 3.65. The summed E-state index contributed by atoms with van der Waals surface area (Å²) in [6.07, 6.45) is 7.30. The van der Waals surface area contributed by atoms with E-state index in [9.17, 15) is 18.0 Å². The van der Waals surface area contributed by atoms with E-state index < -0.39 is 10.0 Å². The Morgan fingerprint density at radius 2 is 1.95 bits per heavy atom. The van der Waals surface area contributed by atoms with Crippen molar-refractivity contribution in [1.82, 2.24) is 34.5 Å². The maximum Gasteiger partial charge on any atom is 0.272 e. The third-order valence-electron chi connectivity index (χ3n) is 8.06. The van der Waals surface area contributed by atoms with Crippen molar-refractivity contribution < 1.29 is 22.7 Å². The van der Waals surface area contributed by atoms with Gasteiger partial charge in [0, 0.05) is 62.3 Å². The van der Waals surface area contributed by atoms with Crippen LogP contribution in [0, 0.1) is 5.92 Å². The SMILES string of the molecule is COc1ccc(-n2cccn2)cc1S(=O)(=O)N1CCCNC(=O)c2nn(CCC(C)C)c3c2CC(CC3)NC(=O)CCC1. The van der Waals surface area contributed by atoms with Gasteiger partial charge in [-0.05, 0) is 68.7 Å². The molecule has 43 heavy (non-hydrogen) atoms. The number of carbonyl (C=O) groups is 2. The number of aryl methyl sites for hydroxylation is 1. The summed E-state index contributed by atoms with van der Waals surface area (Å²) in [5.41, 5.74) is 2.95. The molecule has 0 fully saturated rings. The summed E-state index contributed by atoms with van der Waals surface area (Å²) in [5, 5.41) is 15.0. The summed E-state index contributed by atoms with van der Waals surface area (Å²) in [6, 6.07) is 6.54. The predicted octanol–water partition coefficient (Wildman–Crippen LogP) is 2.70. The molecule has 1 atom stereocenters. The first-order valence-corrected chi connectivity index (χ1v) is 16.5. The molecule has 12 nitrogen and oxygen atoms in total. The van der Waals surface area contributed by atoms with Crippen LogP contribution in [0.4, 0.5) is 0 Å². The van der Waals surface area contributed by atoms with Crippen molar-refractivity contribution in [2.75, 3.05) is 26.7 Å². The van der Waals surface area contributed by atoms with E-state index in [2.05, 4.69) is 29.6 Å². The number of aromatic nitrogens is 4. The van der Waals surface area contributed by atoms with Gasteiger partial charge in [0.25, 0.3) is 5.91 Å². The number of carbonyl (C=O) groups excluding carboxylic acids is 2. The summed E-state index contributed by atoms with van der Waals surface area (Å²) in [5.74, 6) is 0.322. The number of ether oxygens (including phenoxy) is 1. The number of methoxy groups -OCH3 is 1. The summed E-state index contributed by atoms with van der Waals surface area (Å²) in [4.78, 5) is 26.3. The van der Waals surface area contributed by atoms with E-state index in [4.69, 9.17) is 9.84 Å². The molecule has 2 aromatic heterocycles. The monoisotopic (exact) mass is 611 g/mol. The second-order valence-corrected chi connectivity index (χ2v) is 13.5. The maximum absolute atomic E-state index is 14.0. The molecule has 0 radical (unpaired) electrons. The zero-order chi connectivity index (χ0) is 30.6. The van der Waals surface area contributed by atoms with Crippen LogP contribution in [-0.4, -0.2) is 76.9 Å². The first-order valence-electron chi connectivity index (χ1n) is 15.0. The highest BCUT2D eigenvalue weighted by atomic mass is 32.2. The van der Waals surface area contributed by atoms with Crippen molar-refractivity contribution in [2.45, 2.75) is 76.3 Å². The van der Waals surface area contributed by atoms with Gasteiger partial charge in [0.15, 0.2) is 5.69 Å². The van der Waals surface area contributed by atoms with Gasteiger partial charge in [0.1, 0.15) is 10.6 Å². The quantitative estimate of drug-likeness (QED) is 0.419. The van der Waals surface area contributed by atoms with Crippen LogP contribution in [0.15, 0.2) is 41.6 Å². The van der Waals surface area contributed by atoms with Crippen LogP contribution in [0.3, 0.4) is 0 Å². The lowest BCUT2D eigenvalue weighted by atomic mass is 9.91. The molecule has 1 aromatic carbocycles. The highest BCUT2D eigenvalue weighted by Gasteiger charge is 2.31. The normalized spacial score (nSPS) is 18.9. The number of rotatable bonds is 7. The van der Waals surface area contributed by atoms with Crippen molar-refractivity contribution in [2.24, 2.45) is 5.92 Å². The molecule has 1 aliphatic carbocycles. The Kier molecular flexibility index (Phi) is 9.50. The van der Waals surface area contributed by atoms with Crippen molar-refractivity contribution in [3.8, 4) is 11.4 Å². The standard InChI is InChI=1S/C30H41N7O5S/c1-21(2)12-18-37-25-10-8-22-19-24(25)29(34-37)30(39)31-13-5-16-35(15-4-7-28(38)33-22)43(40,41)27-20-23(9-11-26(27)42-3)36-17-6-14-32-36/h6,9,11,14,17,20-22H,4-5,7-8,10,12-13,15-16,18-19H2,1-3H3,(H,31,39)(H,33,38). The fraction of sp³-hybridized carbons (Fsp3) is 0.533. The lowest BCUT2D eigenvalue weighted by molar-refractivity contribution is -0.122. The molecule has 3 heterocycles. The lowest BCUT2D eigenvalue weighted by Crippen LogP contribution is -2.40. The Balaban J connectivity index is 1.39. The van der Waals surface area contributed by atoms with Crippen LogP contribution in [0.2, 0.25) is 0 Å². The molecule has 0 spiro atoms. The van der Waals surface area contributed by atoms with Gasteiger partial charge in [-0.15, -0.1) is 0 Å². The third kappa shape index (κ3) is 6.93. The number of fused-ring (bicyclic) bond motifs is 1. The van der Waals surface area contributed by atoms with Crippen molar-refractivity contribution in [1.29, 1.82) is 0 Å². The van der Waals surface area contributed by atoms with Crippen molar-refractivity contribution in [3.05, 3.63) is 53.6 Å². The minimum Gasteiger partial charge on any atom is -0.495 e. The zero-order valence-corrected chi connectivity index (χ0v) is 25.9. The van der Waals surface area contributed by atoms with Crippen LogP contribution in [0.5, 0.6) is 5.75 Å². The number of amides is 2. The maximum atomic E-state index is 14.0. The highest BCUT2D eigenvalue weighted by molar-refractivity contribution is 7.89. The van der Waals surface area contributed by atoms with Gasteiger partial charge < -0.3 is 15.4 Å². The summed E-state index contributed by atoms with van der Waals surface area (Å²) in [6.45, 7) is 5.65. The summed E-state index contributed by atoms with van der Waals surface area (Å²) >= 11 is 0. The van der Waals surface area contributed by atoms with E-state index in [1.54, 1.807) is 41.3 Å². The van der Waals surface area contributed by atoms with Crippen molar-refractivity contribution >= 4 is 21.8 Å². The van der Waals surface area contributed by atoms with E-state index >= 15 is 0 Å².